The number of nitrogens with zero attached hydrogens (tertiary/aromatic N) is 2. The number of fused-ring (bicyclic) bond motifs is 8. The number of H-pyrrole nitrogens is 2. The summed E-state index contributed by atoms with van der Waals surface area (Å²) in [7, 11) is 0. The number of carboxylic acids is 1. The van der Waals surface area contributed by atoms with Crippen molar-refractivity contribution in [2.45, 2.75) is 99.3 Å². The molecule has 3 aromatic rings. The molecule has 210 valence electrons. The van der Waals surface area contributed by atoms with Crippen LogP contribution in [0.5, 0.6) is 0 Å². The Balaban J connectivity index is 2.06. The monoisotopic (exact) mass is 538 g/mol. The number of aromatic nitrogens is 4. The van der Waals surface area contributed by atoms with Crippen LogP contribution in [0.25, 0.3) is 33.2 Å². The van der Waals surface area contributed by atoms with Crippen LogP contribution in [0.3, 0.4) is 0 Å². The fourth-order valence-corrected chi connectivity index (χ4v) is 6.91. The van der Waals surface area contributed by atoms with Gasteiger partial charge in [-0.05, 0) is 92.0 Å². The van der Waals surface area contributed by atoms with E-state index in [0.717, 1.165) is 51.9 Å². The van der Waals surface area contributed by atoms with Gasteiger partial charge in [0.05, 0.1) is 17.0 Å². The van der Waals surface area contributed by atoms with E-state index in [1.165, 1.54) is 22.3 Å². The van der Waals surface area contributed by atoms with Crippen molar-refractivity contribution in [3.63, 3.8) is 0 Å². The molecule has 0 fully saturated rings. The number of nitrogens with one attached hydrogen (secondary N) is 2. The number of aromatic amines is 2. The highest BCUT2D eigenvalue weighted by Crippen LogP contribution is 2.43. The third-order valence-electron chi connectivity index (χ3n) is 9.11. The zero-order valence-electron chi connectivity index (χ0n) is 25.3. The lowest BCUT2D eigenvalue weighted by Gasteiger charge is -2.16. The van der Waals surface area contributed by atoms with E-state index in [1.807, 2.05) is 13.0 Å². The summed E-state index contributed by atoms with van der Waals surface area (Å²) in [6.07, 6.45) is 2.44. The van der Waals surface area contributed by atoms with Gasteiger partial charge < -0.3 is 15.1 Å². The maximum atomic E-state index is 12.6. The number of carboxylic acid groups (broad SMARTS) is 1. The Morgan fingerprint density at radius 3 is 2.15 bits per heavy atom. The molecule has 5 heterocycles. The largest absolute Gasteiger partial charge is 0.478 e. The van der Waals surface area contributed by atoms with Gasteiger partial charge >= 0.3 is 5.97 Å². The first kappa shape index (κ1) is 27.9. The van der Waals surface area contributed by atoms with E-state index in [-0.39, 0.29) is 17.4 Å². The number of carbonyl (C=O) groups is 1. The van der Waals surface area contributed by atoms with Gasteiger partial charge in [-0.15, -0.1) is 0 Å². The lowest BCUT2D eigenvalue weighted by Crippen LogP contribution is -2.07. The minimum absolute atomic E-state index is 0.203. The average Bonchev–Trinajstić information content (AvgIpc) is 3.57. The quantitative estimate of drug-likeness (QED) is 0.303. The van der Waals surface area contributed by atoms with E-state index in [9.17, 15) is 9.90 Å². The van der Waals surface area contributed by atoms with E-state index >= 15 is 0 Å². The topological polar surface area (TPSA) is 94.7 Å². The molecule has 0 aliphatic carbocycles. The van der Waals surface area contributed by atoms with Gasteiger partial charge in [-0.25, -0.2) is 9.78 Å². The van der Waals surface area contributed by atoms with Crippen LogP contribution in [0.2, 0.25) is 0 Å². The number of hydrogen-bond acceptors (Lipinski definition) is 3. The van der Waals surface area contributed by atoms with Gasteiger partial charge in [-0.3, -0.25) is 4.98 Å². The zero-order chi connectivity index (χ0) is 29.0. The van der Waals surface area contributed by atoms with Gasteiger partial charge in [-0.2, -0.15) is 0 Å². The Kier molecular flexibility index (Phi) is 7.24. The molecule has 3 aromatic heterocycles. The molecule has 6 heteroatoms. The van der Waals surface area contributed by atoms with Crippen molar-refractivity contribution in [1.29, 1.82) is 0 Å². The van der Waals surface area contributed by atoms with Crippen molar-refractivity contribution in [2.24, 2.45) is 0 Å². The Morgan fingerprint density at radius 1 is 0.900 bits per heavy atom. The van der Waals surface area contributed by atoms with Gasteiger partial charge in [0.1, 0.15) is 0 Å². The summed E-state index contributed by atoms with van der Waals surface area (Å²) in [5.41, 5.74) is 14.4. The van der Waals surface area contributed by atoms with E-state index in [1.54, 1.807) is 0 Å². The Hall–Kier alpha value is -3.67. The summed E-state index contributed by atoms with van der Waals surface area (Å²) in [6.45, 7) is 19.4. The predicted octanol–water partition coefficient (Wildman–Crippen LogP) is 8.49. The van der Waals surface area contributed by atoms with E-state index in [2.05, 4.69) is 77.5 Å². The Morgan fingerprint density at radius 2 is 1.55 bits per heavy atom. The molecule has 0 aromatic carbocycles. The SMILES string of the molecule is CCc1c2nc(cc3[nH]c(cc4[nH]c(cc5nc1[C@@H](CC)[C@@H]5C)c(C)c4C(C)C)c(C)c3CC)C(C)=C2C(=O)O. The average molecular weight is 539 g/mol. The maximum Gasteiger partial charge on any atom is 0.338 e. The molecule has 2 atom stereocenters. The third-order valence-corrected chi connectivity index (χ3v) is 9.11. The summed E-state index contributed by atoms with van der Waals surface area (Å²) in [6, 6.07) is 6.47. The first-order valence-electron chi connectivity index (χ1n) is 14.7. The molecule has 0 spiro atoms. The molecule has 40 heavy (non-hydrogen) atoms. The van der Waals surface area contributed by atoms with E-state index in [0.29, 0.717) is 29.3 Å². The van der Waals surface area contributed by atoms with Crippen LogP contribution in [-0.2, 0) is 17.6 Å². The van der Waals surface area contributed by atoms with Gasteiger partial charge in [0.25, 0.3) is 0 Å². The van der Waals surface area contributed by atoms with Gasteiger partial charge in [0, 0.05) is 50.9 Å². The van der Waals surface area contributed by atoms with Crippen molar-refractivity contribution >= 4 is 39.2 Å². The van der Waals surface area contributed by atoms with Crippen LogP contribution in [0.1, 0.15) is 123 Å². The summed E-state index contributed by atoms with van der Waals surface area (Å²) in [5, 5.41) is 10.3. The highest BCUT2D eigenvalue weighted by atomic mass is 16.4. The number of aliphatic carboxylic acids is 1. The number of allylic oxidation sites excluding steroid dienone is 1. The van der Waals surface area contributed by atoms with Crippen molar-refractivity contribution in [3.05, 3.63) is 68.8 Å². The molecule has 8 bridgehead atoms. The van der Waals surface area contributed by atoms with Crippen LogP contribution in [0, 0.1) is 13.8 Å². The third kappa shape index (κ3) is 4.29. The Labute approximate surface area is 237 Å². The standard InChI is InChI=1S/C34H42N4O2/c1-10-21-17(6)24-15-29-30(16(4)5)19(8)26(36-29)13-25-18(7)22(11-2)32(37-25)23(12-3)33-31(34(39)40)20(9)27(38-33)14-28(21)35-24/h13-16,18,22,35-36H,10-12H2,1-9H3,(H,39,40)/t18-,22-/m0/s1. The van der Waals surface area contributed by atoms with Crippen LogP contribution in [0.15, 0.2) is 18.2 Å². The lowest BCUT2D eigenvalue weighted by atomic mass is 9.86. The fourth-order valence-electron chi connectivity index (χ4n) is 6.91. The van der Waals surface area contributed by atoms with Crippen LogP contribution >= 0.6 is 0 Å². The maximum absolute atomic E-state index is 12.6. The molecule has 6 nitrogen and oxygen atoms in total. The van der Waals surface area contributed by atoms with Gasteiger partial charge in [0.2, 0.25) is 0 Å². The molecule has 2 aliphatic heterocycles. The van der Waals surface area contributed by atoms with Crippen LogP contribution in [0.4, 0.5) is 0 Å². The zero-order valence-corrected chi connectivity index (χ0v) is 25.3. The second kappa shape index (κ2) is 10.4. The number of rotatable bonds is 5. The fraction of sp³-hybridized carbons (Fsp3) is 0.441. The molecular weight excluding hydrogens is 496 g/mol. The molecule has 5 rings (SSSR count). The lowest BCUT2D eigenvalue weighted by molar-refractivity contribution is -0.130. The minimum atomic E-state index is -0.943. The van der Waals surface area contributed by atoms with E-state index in [4.69, 9.17) is 9.97 Å². The summed E-state index contributed by atoms with van der Waals surface area (Å²) in [5.74, 6) is -0.170. The molecule has 3 N–H and O–H groups in total. The summed E-state index contributed by atoms with van der Waals surface area (Å²) in [4.78, 5) is 30.3. The van der Waals surface area contributed by atoms with Crippen molar-refractivity contribution in [1.82, 2.24) is 19.9 Å². The molecule has 2 aliphatic rings. The Bertz CT molecular complexity index is 1720. The van der Waals surface area contributed by atoms with Crippen LogP contribution in [-0.4, -0.2) is 31.0 Å². The minimum Gasteiger partial charge on any atom is -0.478 e. The second-order valence-corrected chi connectivity index (χ2v) is 11.7. The highest BCUT2D eigenvalue weighted by molar-refractivity contribution is 6.24. The summed E-state index contributed by atoms with van der Waals surface area (Å²) < 4.78 is 0. The first-order valence-corrected chi connectivity index (χ1v) is 14.7. The molecule has 0 saturated carbocycles. The normalized spacial score (nSPS) is 17.2. The number of aryl methyl sites for hydroxylation is 3. The highest BCUT2D eigenvalue weighted by Gasteiger charge is 2.33. The first-order chi connectivity index (χ1) is 19.0. The molecular formula is C34H42N4O2. The second-order valence-electron chi connectivity index (χ2n) is 11.7. The molecule has 0 saturated heterocycles. The van der Waals surface area contributed by atoms with Crippen molar-refractivity contribution in [2.75, 3.05) is 0 Å². The van der Waals surface area contributed by atoms with Gasteiger partial charge in [-0.1, -0.05) is 41.5 Å². The van der Waals surface area contributed by atoms with Gasteiger partial charge in [0.15, 0.2) is 0 Å². The van der Waals surface area contributed by atoms with Crippen molar-refractivity contribution in [3.8, 4) is 0 Å². The molecule has 0 unspecified atom stereocenters. The smallest absolute Gasteiger partial charge is 0.338 e. The van der Waals surface area contributed by atoms with Crippen molar-refractivity contribution < 1.29 is 9.90 Å². The molecule has 0 radical (unpaired) electrons. The predicted molar refractivity (Wildman–Crippen MR) is 165 cm³/mol. The van der Waals surface area contributed by atoms with Crippen LogP contribution < -0.4 is 0 Å². The number of hydrogen-bond donors (Lipinski definition) is 3. The van der Waals surface area contributed by atoms with E-state index < -0.39 is 5.97 Å². The molecule has 0 amide bonds. The summed E-state index contributed by atoms with van der Waals surface area (Å²) >= 11 is 0.